The van der Waals surface area contributed by atoms with Crippen LogP contribution in [0.2, 0.25) is 0 Å². The van der Waals surface area contributed by atoms with E-state index < -0.39 is 5.97 Å². The number of carboxylic acids is 1. The Morgan fingerprint density at radius 1 is 1.37 bits per heavy atom. The largest absolute Gasteiger partial charge is 0.478 e. The van der Waals surface area contributed by atoms with Gasteiger partial charge in [-0.3, -0.25) is 0 Å². The number of anilines is 1. The molecular formula is C15H23NO2S. The lowest BCUT2D eigenvalue weighted by Gasteiger charge is -2.37. The second kappa shape index (κ2) is 5.87. The number of rotatable bonds is 4. The average Bonchev–Trinajstić information content (AvgIpc) is 2.34. The first-order chi connectivity index (χ1) is 8.70. The number of hydrogen-bond acceptors (Lipinski definition) is 3. The molecule has 1 aromatic rings. The molecule has 0 aromatic heterocycles. The lowest BCUT2D eigenvalue weighted by Crippen LogP contribution is -2.40. The summed E-state index contributed by atoms with van der Waals surface area (Å²) in [6, 6.07) is 5.89. The zero-order valence-corrected chi connectivity index (χ0v) is 13.3. The van der Waals surface area contributed by atoms with Crippen molar-refractivity contribution in [2.24, 2.45) is 5.41 Å². The Hall–Kier alpha value is -1.16. The number of carbonyl (C=O) groups is 1. The Balaban J connectivity index is 3.31. The van der Waals surface area contributed by atoms with Gasteiger partial charge in [0, 0.05) is 18.0 Å². The Labute approximate surface area is 120 Å². The van der Waals surface area contributed by atoms with Crippen molar-refractivity contribution in [2.75, 3.05) is 18.2 Å². The summed E-state index contributed by atoms with van der Waals surface area (Å²) in [5.74, 6) is -0.868. The van der Waals surface area contributed by atoms with Crippen molar-refractivity contribution in [3.8, 4) is 0 Å². The highest BCUT2D eigenvalue weighted by molar-refractivity contribution is 7.98. The molecule has 0 spiro atoms. The third-order valence-electron chi connectivity index (χ3n) is 3.65. The van der Waals surface area contributed by atoms with E-state index >= 15 is 0 Å². The van der Waals surface area contributed by atoms with Gasteiger partial charge in [0.25, 0.3) is 0 Å². The van der Waals surface area contributed by atoms with Crippen molar-refractivity contribution in [1.29, 1.82) is 0 Å². The van der Waals surface area contributed by atoms with Crippen LogP contribution in [0.4, 0.5) is 5.69 Å². The molecule has 0 fully saturated rings. The van der Waals surface area contributed by atoms with Gasteiger partial charge in [-0.15, -0.1) is 11.8 Å². The second-order valence-electron chi connectivity index (χ2n) is 5.81. The minimum Gasteiger partial charge on any atom is -0.478 e. The topological polar surface area (TPSA) is 40.5 Å². The normalized spacial score (nSPS) is 13.2. The average molecular weight is 281 g/mol. The zero-order chi connectivity index (χ0) is 14.8. The number of nitrogens with zero attached hydrogens (tertiary/aromatic N) is 1. The van der Waals surface area contributed by atoms with Crippen LogP contribution in [0.25, 0.3) is 0 Å². The van der Waals surface area contributed by atoms with Gasteiger partial charge in [0.1, 0.15) is 0 Å². The van der Waals surface area contributed by atoms with Crippen molar-refractivity contribution in [1.82, 2.24) is 0 Å². The molecule has 0 saturated carbocycles. The van der Waals surface area contributed by atoms with E-state index in [-0.39, 0.29) is 11.5 Å². The van der Waals surface area contributed by atoms with Crippen LogP contribution in [0.1, 0.15) is 38.1 Å². The summed E-state index contributed by atoms with van der Waals surface area (Å²) in [6.45, 7) is 8.60. The number of benzene rings is 1. The lowest BCUT2D eigenvalue weighted by atomic mass is 9.86. The molecular weight excluding hydrogens is 258 g/mol. The minimum absolute atomic E-state index is 0.0832. The van der Waals surface area contributed by atoms with Crippen LogP contribution in [-0.2, 0) is 0 Å². The Kier molecular flexibility index (Phi) is 4.91. The maximum Gasteiger partial charge on any atom is 0.338 e. The first kappa shape index (κ1) is 15.9. The summed E-state index contributed by atoms with van der Waals surface area (Å²) < 4.78 is 0. The smallest absolute Gasteiger partial charge is 0.338 e. The molecule has 0 aliphatic heterocycles. The third kappa shape index (κ3) is 3.44. The molecule has 0 radical (unpaired) electrons. The van der Waals surface area contributed by atoms with Gasteiger partial charge in [-0.2, -0.15) is 0 Å². The summed E-state index contributed by atoms with van der Waals surface area (Å²) in [5.41, 5.74) is 1.26. The van der Waals surface area contributed by atoms with Gasteiger partial charge in [0.05, 0.1) is 11.3 Å². The summed E-state index contributed by atoms with van der Waals surface area (Å²) in [5, 5.41) is 9.47. The number of aromatic carboxylic acids is 1. The van der Waals surface area contributed by atoms with E-state index in [0.717, 1.165) is 10.6 Å². The molecule has 0 bridgehead atoms. The number of hydrogen-bond donors (Lipinski definition) is 1. The molecule has 1 N–H and O–H groups in total. The Bertz CT molecular complexity index is 466. The van der Waals surface area contributed by atoms with Gasteiger partial charge in [-0.1, -0.05) is 26.8 Å². The molecule has 0 saturated heterocycles. The quantitative estimate of drug-likeness (QED) is 0.848. The van der Waals surface area contributed by atoms with Crippen molar-refractivity contribution < 1.29 is 9.90 Å². The SMILES string of the molecule is CSc1cccc(N(C)C(C)C(C)(C)C)c1C(=O)O. The van der Waals surface area contributed by atoms with E-state index in [0.29, 0.717) is 5.56 Å². The van der Waals surface area contributed by atoms with E-state index in [4.69, 9.17) is 0 Å². The number of carboxylic acid groups (broad SMARTS) is 1. The molecule has 4 heteroatoms. The molecule has 0 aliphatic rings. The first-order valence-electron chi connectivity index (χ1n) is 6.33. The fourth-order valence-corrected chi connectivity index (χ4v) is 2.60. The first-order valence-corrected chi connectivity index (χ1v) is 7.55. The third-order valence-corrected chi connectivity index (χ3v) is 4.43. The molecule has 19 heavy (non-hydrogen) atoms. The summed E-state index contributed by atoms with van der Waals surface area (Å²) in [4.78, 5) is 14.4. The highest BCUT2D eigenvalue weighted by atomic mass is 32.2. The summed E-state index contributed by atoms with van der Waals surface area (Å²) >= 11 is 1.47. The van der Waals surface area contributed by atoms with Gasteiger partial charge >= 0.3 is 5.97 Å². The van der Waals surface area contributed by atoms with Gasteiger partial charge in [0.15, 0.2) is 0 Å². The summed E-state index contributed by atoms with van der Waals surface area (Å²) in [7, 11) is 1.96. The van der Waals surface area contributed by atoms with Crippen molar-refractivity contribution in [3.05, 3.63) is 23.8 Å². The molecule has 0 heterocycles. The van der Waals surface area contributed by atoms with Gasteiger partial charge in [-0.05, 0) is 30.7 Å². The highest BCUT2D eigenvalue weighted by Crippen LogP contribution is 2.33. The molecule has 1 rings (SSSR count). The molecule has 1 atom stereocenters. The van der Waals surface area contributed by atoms with Crippen LogP contribution in [-0.4, -0.2) is 30.4 Å². The highest BCUT2D eigenvalue weighted by Gasteiger charge is 2.27. The van der Waals surface area contributed by atoms with E-state index in [1.807, 2.05) is 31.5 Å². The monoisotopic (exact) mass is 281 g/mol. The lowest BCUT2D eigenvalue weighted by molar-refractivity contribution is 0.0693. The molecule has 3 nitrogen and oxygen atoms in total. The zero-order valence-electron chi connectivity index (χ0n) is 12.5. The Morgan fingerprint density at radius 3 is 2.37 bits per heavy atom. The van der Waals surface area contributed by atoms with E-state index in [1.165, 1.54) is 11.8 Å². The molecule has 1 aromatic carbocycles. The minimum atomic E-state index is -0.868. The molecule has 0 amide bonds. The van der Waals surface area contributed by atoms with Crippen molar-refractivity contribution in [2.45, 2.75) is 38.6 Å². The van der Waals surface area contributed by atoms with Crippen LogP contribution in [0.15, 0.2) is 23.1 Å². The molecule has 1 unspecified atom stereocenters. The van der Waals surface area contributed by atoms with Crippen LogP contribution < -0.4 is 4.90 Å². The van der Waals surface area contributed by atoms with Gasteiger partial charge in [0.2, 0.25) is 0 Å². The van der Waals surface area contributed by atoms with Gasteiger partial charge in [-0.25, -0.2) is 4.79 Å². The second-order valence-corrected chi connectivity index (χ2v) is 6.66. The fraction of sp³-hybridized carbons (Fsp3) is 0.533. The molecule has 106 valence electrons. The predicted molar refractivity (Wildman–Crippen MR) is 82.5 cm³/mol. The maximum atomic E-state index is 11.5. The predicted octanol–water partition coefficient (Wildman–Crippen LogP) is 3.98. The number of thioether (sulfide) groups is 1. The van der Waals surface area contributed by atoms with Crippen molar-refractivity contribution >= 4 is 23.4 Å². The van der Waals surface area contributed by atoms with Gasteiger partial charge < -0.3 is 10.0 Å². The standard InChI is InChI=1S/C15H23NO2S/c1-10(15(2,3)4)16(5)11-8-7-9-12(19-6)13(11)14(17)18/h7-10H,1-6H3,(H,17,18). The molecule has 0 aliphatic carbocycles. The fourth-order valence-electron chi connectivity index (χ4n) is 1.99. The van der Waals surface area contributed by atoms with Crippen LogP contribution in [0.5, 0.6) is 0 Å². The van der Waals surface area contributed by atoms with E-state index in [9.17, 15) is 9.90 Å². The maximum absolute atomic E-state index is 11.5. The van der Waals surface area contributed by atoms with E-state index in [2.05, 4.69) is 32.6 Å². The van der Waals surface area contributed by atoms with Crippen LogP contribution in [0, 0.1) is 5.41 Å². The van der Waals surface area contributed by atoms with Crippen molar-refractivity contribution in [3.63, 3.8) is 0 Å². The summed E-state index contributed by atoms with van der Waals surface area (Å²) in [6.07, 6.45) is 1.90. The Morgan fingerprint density at radius 2 is 1.95 bits per heavy atom. The van der Waals surface area contributed by atoms with E-state index in [1.54, 1.807) is 0 Å². The van der Waals surface area contributed by atoms with Crippen LogP contribution in [0.3, 0.4) is 0 Å². The van der Waals surface area contributed by atoms with Crippen LogP contribution >= 0.6 is 11.8 Å².